The summed E-state index contributed by atoms with van der Waals surface area (Å²) < 4.78 is 2.06. The topological polar surface area (TPSA) is 20.2 Å². The van der Waals surface area contributed by atoms with Crippen LogP contribution in [-0.2, 0) is 5.88 Å². The highest BCUT2D eigenvalue weighted by Gasteiger charge is 2.06. The molecule has 13 heavy (non-hydrogen) atoms. The highest BCUT2D eigenvalue weighted by molar-refractivity contribution is 14.1. The maximum atomic E-state index is 9.51. The van der Waals surface area contributed by atoms with Gasteiger partial charge in [0.15, 0.2) is 0 Å². The summed E-state index contributed by atoms with van der Waals surface area (Å²) >= 11 is 9.54. The van der Waals surface area contributed by atoms with Gasteiger partial charge in [-0.1, -0.05) is 0 Å². The van der Waals surface area contributed by atoms with Gasteiger partial charge in [-0.2, -0.15) is 0 Å². The quantitative estimate of drug-likeness (QED) is 0.622. The first kappa shape index (κ1) is 9.55. The minimum absolute atomic E-state index is 0.331. The van der Waals surface area contributed by atoms with Crippen LogP contribution in [0.4, 0.5) is 0 Å². The molecule has 1 nitrogen and oxygen atoms in total. The zero-order valence-corrected chi connectivity index (χ0v) is 10.3. The number of hydrogen-bond acceptors (Lipinski definition) is 2. The Balaban J connectivity index is 2.77. The molecule has 0 aliphatic heterocycles. The lowest BCUT2D eigenvalue weighted by molar-refractivity contribution is 0.472. The number of fused-ring (bicyclic) bond motifs is 1. The Bertz CT molecular complexity index is 452. The number of halogens is 2. The molecule has 0 fully saturated rings. The number of phenolic OH excluding ortho intramolecular Hbond substituents is 1. The first-order chi connectivity index (χ1) is 6.22. The van der Waals surface area contributed by atoms with E-state index < -0.39 is 0 Å². The van der Waals surface area contributed by atoms with Crippen molar-refractivity contribution in [1.82, 2.24) is 0 Å². The van der Waals surface area contributed by atoms with E-state index in [2.05, 4.69) is 22.6 Å². The third-order valence-electron chi connectivity index (χ3n) is 1.87. The van der Waals surface area contributed by atoms with Crippen molar-refractivity contribution in [3.63, 3.8) is 0 Å². The summed E-state index contributed by atoms with van der Waals surface area (Å²) in [4.78, 5) is 0. The molecule has 0 amide bonds. The van der Waals surface area contributed by atoms with Crippen LogP contribution in [0, 0.1) is 3.57 Å². The monoisotopic (exact) mass is 324 g/mol. The van der Waals surface area contributed by atoms with Crippen LogP contribution in [0.5, 0.6) is 5.75 Å². The van der Waals surface area contributed by atoms with E-state index in [1.165, 1.54) is 4.70 Å². The first-order valence-corrected chi connectivity index (χ1v) is 6.16. The maximum absolute atomic E-state index is 9.51. The minimum atomic E-state index is 0.331. The number of hydrogen-bond donors (Lipinski definition) is 1. The van der Waals surface area contributed by atoms with Crippen molar-refractivity contribution < 1.29 is 5.11 Å². The van der Waals surface area contributed by atoms with Gasteiger partial charge in [-0.05, 0) is 45.7 Å². The summed E-state index contributed by atoms with van der Waals surface area (Å²) in [6, 6.07) is 3.76. The second-order valence-electron chi connectivity index (χ2n) is 2.69. The fourth-order valence-electron chi connectivity index (χ4n) is 1.19. The Kier molecular flexibility index (Phi) is 2.67. The van der Waals surface area contributed by atoms with Crippen molar-refractivity contribution in [3.8, 4) is 5.75 Å². The third kappa shape index (κ3) is 1.65. The second kappa shape index (κ2) is 3.63. The Morgan fingerprint density at radius 1 is 1.46 bits per heavy atom. The van der Waals surface area contributed by atoms with Crippen LogP contribution < -0.4 is 0 Å². The van der Waals surface area contributed by atoms with Crippen molar-refractivity contribution in [2.45, 2.75) is 5.88 Å². The first-order valence-electron chi connectivity index (χ1n) is 3.67. The Labute approximate surface area is 98.5 Å². The van der Waals surface area contributed by atoms with Gasteiger partial charge in [-0.3, -0.25) is 0 Å². The molecule has 0 unspecified atom stereocenters. The smallest absolute Gasteiger partial charge is 0.129 e. The van der Waals surface area contributed by atoms with Gasteiger partial charge in [0.2, 0.25) is 0 Å². The van der Waals surface area contributed by atoms with Gasteiger partial charge in [0.1, 0.15) is 5.75 Å². The van der Waals surface area contributed by atoms with Gasteiger partial charge in [-0.15, -0.1) is 22.9 Å². The lowest BCUT2D eigenvalue weighted by atomic mass is 10.2. The van der Waals surface area contributed by atoms with Crippen molar-refractivity contribution in [2.75, 3.05) is 0 Å². The molecule has 4 heteroatoms. The number of aromatic hydroxyl groups is 1. The highest BCUT2D eigenvalue weighted by atomic mass is 127. The Morgan fingerprint density at radius 3 is 2.92 bits per heavy atom. The molecule has 1 N–H and O–H groups in total. The second-order valence-corrected chi connectivity index (χ2v) is 5.04. The lowest BCUT2D eigenvalue weighted by Crippen LogP contribution is -1.76. The van der Waals surface area contributed by atoms with Gasteiger partial charge in [-0.25, -0.2) is 0 Å². The molecule has 0 radical (unpaired) electrons. The SMILES string of the molecule is Oc1cc2c(CCl)csc2cc1I. The van der Waals surface area contributed by atoms with Gasteiger partial charge < -0.3 is 5.11 Å². The van der Waals surface area contributed by atoms with E-state index in [1.54, 1.807) is 17.4 Å². The van der Waals surface area contributed by atoms with E-state index >= 15 is 0 Å². The largest absolute Gasteiger partial charge is 0.507 e. The standard InChI is InChI=1S/C9H6ClIOS/c10-3-5-4-13-9-2-7(11)8(12)1-6(5)9/h1-2,4,12H,3H2. The molecular weight excluding hydrogens is 319 g/mol. The summed E-state index contributed by atoms with van der Waals surface area (Å²) in [6.45, 7) is 0. The normalized spacial score (nSPS) is 10.9. The van der Waals surface area contributed by atoms with E-state index in [9.17, 15) is 5.11 Å². The molecule has 1 aromatic heterocycles. The van der Waals surface area contributed by atoms with E-state index in [1.807, 2.05) is 11.4 Å². The van der Waals surface area contributed by atoms with Crippen LogP contribution in [0.2, 0.25) is 0 Å². The van der Waals surface area contributed by atoms with E-state index in [0.717, 1.165) is 14.5 Å². The zero-order chi connectivity index (χ0) is 9.42. The fraction of sp³-hybridized carbons (Fsp3) is 0.111. The van der Waals surface area contributed by atoms with Crippen molar-refractivity contribution >= 4 is 55.6 Å². The van der Waals surface area contributed by atoms with Crippen LogP contribution in [0.15, 0.2) is 17.5 Å². The van der Waals surface area contributed by atoms with E-state index in [0.29, 0.717) is 11.6 Å². The molecule has 0 spiro atoms. The Morgan fingerprint density at radius 2 is 2.23 bits per heavy atom. The Hall–Kier alpha value is -0.000000000000000111. The molecule has 0 saturated carbocycles. The summed E-state index contributed by atoms with van der Waals surface area (Å²) in [6.07, 6.45) is 0. The van der Waals surface area contributed by atoms with Crippen molar-refractivity contribution in [3.05, 3.63) is 26.6 Å². The molecular formula is C9H6ClIOS. The zero-order valence-electron chi connectivity index (χ0n) is 6.55. The maximum Gasteiger partial charge on any atom is 0.129 e. The molecule has 2 aromatic rings. The van der Waals surface area contributed by atoms with Gasteiger partial charge in [0.25, 0.3) is 0 Å². The summed E-state index contributed by atoms with van der Waals surface area (Å²) in [5.74, 6) is 0.831. The van der Waals surface area contributed by atoms with Crippen LogP contribution in [0.1, 0.15) is 5.56 Å². The molecule has 0 aliphatic rings. The number of alkyl halides is 1. The number of benzene rings is 1. The average molecular weight is 325 g/mol. The molecule has 1 aromatic carbocycles. The predicted molar refractivity (Wildman–Crippen MR) is 65.8 cm³/mol. The molecule has 0 saturated heterocycles. The van der Waals surface area contributed by atoms with Crippen molar-refractivity contribution in [2.24, 2.45) is 0 Å². The summed E-state index contributed by atoms with van der Waals surface area (Å²) in [5, 5.41) is 12.6. The van der Waals surface area contributed by atoms with Gasteiger partial charge in [0, 0.05) is 16.0 Å². The summed E-state index contributed by atoms with van der Waals surface area (Å²) in [5.41, 5.74) is 1.09. The highest BCUT2D eigenvalue weighted by Crippen LogP contribution is 2.33. The van der Waals surface area contributed by atoms with Crippen LogP contribution in [-0.4, -0.2) is 5.11 Å². The minimum Gasteiger partial charge on any atom is -0.507 e. The van der Waals surface area contributed by atoms with Gasteiger partial charge in [0.05, 0.1) is 3.57 Å². The fourth-order valence-corrected chi connectivity index (χ4v) is 3.17. The molecule has 0 bridgehead atoms. The third-order valence-corrected chi connectivity index (χ3v) is 4.01. The molecule has 0 atom stereocenters. The van der Waals surface area contributed by atoms with Crippen LogP contribution >= 0.6 is 45.5 Å². The van der Waals surface area contributed by atoms with Gasteiger partial charge >= 0.3 is 0 Å². The van der Waals surface area contributed by atoms with E-state index in [-0.39, 0.29) is 0 Å². The predicted octanol–water partition coefficient (Wildman–Crippen LogP) is 3.95. The number of phenols is 1. The van der Waals surface area contributed by atoms with Crippen LogP contribution in [0.3, 0.4) is 0 Å². The molecule has 1 heterocycles. The number of thiophene rings is 1. The molecule has 68 valence electrons. The summed E-state index contributed by atoms with van der Waals surface area (Å²) in [7, 11) is 0. The molecule has 2 rings (SSSR count). The number of rotatable bonds is 1. The average Bonchev–Trinajstić information content (AvgIpc) is 2.48. The van der Waals surface area contributed by atoms with Crippen molar-refractivity contribution in [1.29, 1.82) is 0 Å². The van der Waals surface area contributed by atoms with Crippen LogP contribution in [0.25, 0.3) is 10.1 Å². The van der Waals surface area contributed by atoms with E-state index in [4.69, 9.17) is 11.6 Å². The molecule has 0 aliphatic carbocycles. The lowest BCUT2D eigenvalue weighted by Gasteiger charge is -1.98.